The van der Waals surface area contributed by atoms with Crippen molar-refractivity contribution in [1.29, 1.82) is 0 Å². The number of aryl methyl sites for hydroxylation is 2. The van der Waals surface area contributed by atoms with E-state index in [4.69, 9.17) is 4.74 Å². The second kappa shape index (κ2) is 8.15. The monoisotopic (exact) mass is 352 g/mol. The Labute approximate surface area is 154 Å². The second-order valence-corrected chi connectivity index (χ2v) is 6.69. The van der Waals surface area contributed by atoms with Crippen LogP contribution in [-0.4, -0.2) is 36.0 Å². The molecule has 1 atom stereocenters. The van der Waals surface area contributed by atoms with Gasteiger partial charge in [-0.15, -0.1) is 0 Å². The highest BCUT2D eigenvalue weighted by Crippen LogP contribution is 2.18. The van der Waals surface area contributed by atoms with Gasteiger partial charge in [-0.1, -0.05) is 36.4 Å². The van der Waals surface area contributed by atoms with E-state index in [9.17, 15) is 9.59 Å². The quantitative estimate of drug-likeness (QED) is 0.840. The summed E-state index contributed by atoms with van der Waals surface area (Å²) in [6, 6.07) is 15.2. The summed E-state index contributed by atoms with van der Waals surface area (Å²) in [7, 11) is 0. The van der Waals surface area contributed by atoms with Gasteiger partial charge < -0.3 is 10.1 Å². The summed E-state index contributed by atoms with van der Waals surface area (Å²) in [4.78, 5) is 26.7. The summed E-state index contributed by atoms with van der Waals surface area (Å²) < 4.78 is 5.18. The lowest BCUT2D eigenvalue weighted by atomic mass is 10.1. The molecule has 3 rings (SSSR count). The highest BCUT2D eigenvalue weighted by molar-refractivity contribution is 5.94. The molecule has 5 heteroatoms. The molecule has 0 radical (unpaired) electrons. The van der Waals surface area contributed by atoms with E-state index >= 15 is 0 Å². The van der Waals surface area contributed by atoms with Crippen LogP contribution in [-0.2, 0) is 20.9 Å². The molecule has 1 saturated heterocycles. The van der Waals surface area contributed by atoms with Crippen LogP contribution in [0.3, 0.4) is 0 Å². The van der Waals surface area contributed by atoms with Crippen LogP contribution in [0.15, 0.2) is 48.5 Å². The van der Waals surface area contributed by atoms with Crippen molar-refractivity contribution in [2.24, 2.45) is 0 Å². The Morgan fingerprint density at radius 3 is 2.65 bits per heavy atom. The van der Waals surface area contributed by atoms with Crippen LogP contribution in [0.2, 0.25) is 0 Å². The lowest BCUT2D eigenvalue weighted by Crippen LogP contribution is -2.49. The maximum Gasteiger partial charge on any atom is 0.323 e. The predicted octanol–water partition coefficient (Wildman–Crippen LogP) is 3.06. The number of nitrogens with one attached hydrogen (secondary N) is 1. The summed E-state index contributed by atoms with van der Waals surface area (Å²) in [5, 5.41) is 2.89. The summed E-state index contributed by atoms with van der Waals surface area (Å²) >= 11 is 0. The SMILES string of the molecule is Cc1ccc(NC(=O)C[C@@H]2C(=O)OCCN2Cc2ccccc2)cc1C. The van der Waals surface area contributed by atoms with Crippen LogP contribution in [0.5, 0.6) is 0 Å². The van der Waals surface area contributed by atoms with Gasteiger partial charge in [-0.25, -0.2) is 0 Å². The summed E-state index contributed by atoms with van der Waals surface area (Å²) in [6.45, 7) is 5.65. The fourth-order valence-electron chi connectivity index (χ4n) is 3.09. The lowest BCUT2D eigenvalue weighted by Gasteiger charge is -2.33. The van der Waals surface area contributed by atoms with E-state index in [0.717, 1.165) is 16.8 Å². The summed E-state index contributed by atoms with van der Waals surface area (Å²) in [5.74, 6) is -0.516. The maximum atomic E-state index is 12.5. The van der Waals surface area contributed by atoms with Crippen molar-refractivity contribution in [1.82, 2.24) is 4.90 Å². The number of hydrogen-bond donors (Lipinski definition) is 1. The number of benzene rings is 2. The van der Waals surface area contributed by atoms with Gasteiger partial charge in [0.1, 0.15) is 12.6 Å². The minimum Gasteiger partial charge on any atom is -0.463 e. The number of amides is 1. The highest BCUT2D eigenvalue weighted by atomic mass is 16.5. The van der Waals surface area contributed by atoms with E-state index in [1.165, 1.54) is 5.56 Å². The van der Waals surface area contributed by atoms with Crippen LogP contribution >= 0.6 is 0 Å². The van der Waals surface area contributed by atoms with Crippen molar-refractivity contribution in [3.63, 3.8) is 0 Å². The zero-order valence-corrected chi connectivity index (χ0v) is 15.2. The first-order valence-electron chi connectivity index (χ1n) is 8.84. The van der Waals surface area contributed by atoms with Gasteiger partial charge >= 0.3 is 5.97 Å². The average Bonchev–Trinajstić information content (AvgIpc) is 2.62. The molecular weight excluding hydrogens is 328 g/mol. The molecule has 5 nitrogen and oxygen atoms in total. The van der Waals surface area contributed by atoms with E-state index in [2.05, 4.69) is 5.32 Å². The number of carbonyl (C=O) groups excluding carboxylic acids is 2. The largest absolute Gasteiger partial charge is 0.463 e. The minimum absolute atomic E-state index is 0.0819. The molecule has 0 unspecified atom stereocenters. The molecule has 1 heterocycles. The van der Waals surface area contributed by atoms with Crippen molar-refractivity contribution < 1.29 is 14.3 Å². The Kier molecular flexibility index (Phi) is 5.68. The van der Waals surface area contributed by atoms with Gasteiger partial charge in [0.15, 0.2) is 0 Å². The molecule has 0 aromatic heterocycles. The minimum atomic E-state index is -0.560. The molecule has 0 bridgehead atoms. The second-order valence-electron chi connectivity index (χ2n) is 6.69. The Morgan fingerprint density at radius 1 is 1.15 bits per heavy atom. The number of morpholine rings is 1. The molecule has 1 fully saturated rings. The third kappa shape index (κ3) is 4.49. The average molecular weight is 352 g/mol. The highest BCUT2D eigenvalue weighted by Gasteiger charge is 2.33. The van der Waals surface area contributed by atoms with E-state index in [0.29, 0.717) is 19.7 Å². The first-order chi connectivity index (χ1) is 12.5. The van der Waals surface area contributed by atoms with Crippen LogP contribution in [0.4, 0.5) is 5.69 Å². The van der Waals surface area contributed by atoms with Crippen LogP contribution < -0.4 is 5.32 Å². The fraction of sp³-hybridized carbons (Fsp3) is 0.333. The number of anilines is 1. The van der Waals surface area contributed by atoms with Gasteiger partial charge in [0, 0.05) is 18.8 Å². The first-order valence-corrected chi connectivity index (χ1v) is 8.84. The lowest BCUT2D eigenvalue weighted by molar-refractivity contribution is -0.159. The number of ether oxygens (including phenoxy) is 1. The van der Waals surface area contributed by atoms with Gasteiger partial charge in [0.05, 0.1) is 6.42 Å². The van der Waals surface area contributed by atoms with Crippen molar-refractivity contribution in [3.05, 3.63) is 65.2 Å². The topological polar surface area (TPSA) is 58.6 Å². The molecule has 136 valence electrons. The first kappa shape index (κ1) is 18.1. The molecule has 0 spiro atoms. The van der Waals surface area contributed by atoms with E-state index in [1.807, 2.05) is 67.3 Å². The van der Waals surface area contributed by atoms with Crippen LogP contribution in [0.1, 0.15) is 23.1 Å². The molecule has 0 saturated carbocycles. The maximum absolute atomic E-state index is 12.5. The summed E-state index contributed by atoms with van der Waals surface area (Å²) in [6.07, 6.45) is 0.0819. The van der Waals surface area contributed by atoms with E-state index in [-0.39, 0.29) is 18.3 Å². The number of esters is 1. The Balaban J connectivity index is 1.66. The standard InChI is InChI=1S/C21H24N2O3/c1-15-8-9-18(12-16(15)2)22-20(24)13-19-21(25)26-11-10-23(19)14-17-6-4-3-5-7-17/h3-9,12,19H,10-11,13-14H2,1-2H3,(H,22,24)/t19-/m1/s1. The zero-order chi connectivity index (χ0) is 18.5. The van der Waals surface area contributed by atoms with Crippen molar-refractivity contribution in [2.75, 3.05) is 18.5 Å². The van der Waals surface area contributed by atoms with Crippen LogP contribution in [0, 0.1) is 13.8 Å². The smallest absolute Gasteiger partial charge is 0.323 e. The third-order valence-electron chi connectivity index (χ3n) is 4.73. The fourth-order valence-corrected chi connectivity index (χ4v) is 3.09. The normalized spacial score (nSPS) is 17.6. The van der Waals surface area contributed by atoms with Crippen LogP contribution in [0.25, 0.3) is 0 Å². The molecule has 1 N–H and O–H groups in total. The molecule has 0 aliphatic carbocycles. The number of hydrogen-bond acceptors (Lipinski definition) is 4. The molecule has 2 aromatic rings. The third-order valence-corrected chi connectivity index (χ3v) is 4.73. The Morgan fingerprint density at radius 2 is 1.92 bits per heavy atom. The molecule has 1 amide bonds. The number of cyclic esters (lactones) is 1. The van der Waals surface area contributed by atoms with Gasteiger partial charge in [0.25, 0.3) is 0 Å². The predicted molar refractivity (Wildman–Crippen MR) is 101 cm³/mol. The van der Waals surface area contributed by atoms with Gasteiger partial charge in [-0.2, -0.15) is 0 Å². The van der Waals surface area contributed by atoms with Gasteiger partial charge in [-0.05, 0) is 42.7 Å². The number of nitrogens with zero attached hydrogens (tertiary/aromatic N) is 1. The van der Waals surface area contributed by atoms with Gasteiger partial charge in [-0.3, -0.25) is 14.5 Å². The van der Waals surface area contributed by atoms with Crippen molar-refractivity contribution in [3.8, 4) is 0 Å². The van der Waals surface area contributed by atoms with E-state index in [1.54, 1.807) is 0 Å². The number of carbonyl (C=O) groups is 2. The Bertz CT molecular complexity index is 789. The zero-order valence-electron chi connectivity index (χ0n) is 15.2. The molecule has 1 aliphatic rings. The van der Waals surface area contributed by atoms with Crippen molar-refractivity contribution >= 4 is 17.6 Å². The van der Waals surface area contributed by atoms with Crippen molar-refractivity contribution in [2.45, 2.75) is 32.9 Å². The Hall–Kier alpha value is -2.66. The summed E-state index contributed by atoms with van der Waals surface area (Å²) in [5.41, 5.74) is 4.15. The number of rotatable bonds is 5. The van der Waals surface area contributed by atoms with Gasteiger partial charge in [0.2, 0.25) is 5.91 Å². The molecule has 2 aromatic carbocycles. The molecule has 26 heavy (non-hydrogen) atoms. The molecular formula is C21H24N2O3. The molecule has 1 aliphatic heterocycles. The van der Waals surface area contributed by atoms with E-state index < -0.39 is 6.04 Å².